The molecular formula is C13H17FN4O2S. The average Bonchev–Trinajstić information content (AvgIpc) is 2.82. The predicted octanol–water partition coefficient (Wildman–Crippen LogP) is 2.04. The number of anilines is 2. The monoisotopic (exact) mass is 312 g/mol. The molecule has 0 aliphatic carbocycles. The summed E-state index contributed by atoms with van der Waals surface area (Å²) in [5, 5.41) is 3.99. The van der Waals surface area contributed by atoms with Gasteiger partial charge in [-0.1, -0.05) is 0 Å². The predicted molar refractivity (Wildman–Crippen MR) is 79.0 cm³/mol. The van der Waals surface area contributed by atoms with Crippen LogP contribution in [0.15, 0.2) is 23.4 Å². The number of aryl methyl sites for hydroxylation is 2. The van der Waals surface area contributed by atoms with Crippen molar-refractivity contribution in [2.75, 3.05) is 10.5 Å². The number of sulfonamides is 1. The normalized spacial score (nSPS) is 11.6. The fourth-order valence-electron chi connectivity index (χ4n) is 2.14. The van der Waals surface area contributed by atoms with E-state index in [1.807, 2.05) is 6.92 Å². The number of benzene rings is 1. The van der Waals surface area contributed by atoms with Crippen molar-refractivity contribution in [1.82, 2.24) is 9.78 Å². The van der Waals surface area contributed by atoms with Gasteiger partial charge >= 0.3 is 0 Å². The molecule has 0 fully saturated rings. The van der Waals surface area contributed by atoms with Crippen LogP contribution in [0.2, 0.25) is 0 Å². The Morgan fingerprint density at radius 1 is 1.43 bits per heavy atom. The van der Waals surface area contributed by atoms with Gasteiger partial charge in [-0.2, -0.15) is 5.10 Å². The molecule has 0 unspecified atom stereocenters. The summed E-state index contributed by atoms with van der Waals surface area (Å²) in [6, 6.07) is 1.12. The zero-order chi connectivity index (χ0) is 15.8. The zero-order valence-corrected chi connectivity index (χ0v) is 12.8. The van der Waals surface area contributed by atoms with Gasteiger partial charge in [0.1, 0.15) is 5.82 Å². The molecule has 21 heavy (non-hydrogen) atoms. The first-order valence-corrected chi connectivity index (χ1v) is 7.85. The van der Waals surface area contributed by atoms with E-state index >= 15 is 0 Å². The largest absolute Gasteiger partial charge is 0.396 e. The molecular weight excluding hydrogens is 295 g/mol. The Labute approximate surface area is 122 Å². The summed E-state index contributed by atoms with van der Waals surface area (Å²) in [6.45, 7) is 5.53. The molecule has 2 aromatic rings. The Bertz CT molecular complexity index is 784. The topological polar surface area (TPSA) is 90.0 Å². The van der Waals surface area contributed by atoms with Crippen LogP contribution in [0.5, 0.6) is 0 Å². The Morgan fingerprint density at radius 3 is 2.67 bits per heavy atom. The van der Waals surface area contributed by atoms with E-state index in [0.29, 0.717) is 17.8 Å². The molecule has 0 amide bonds. The van der Waals surface area contributed by atoms with E-state index in [-0.39, 0.29) is 16.1 Å². The summed E-state index contributed by atoms with van der Waals surface area (Å²) in [7, 11) is -3.86. The van der Waals surface area contributed by atoms with E-state index in [2.05, 4.69) is 9.82 Å². The summed E-state index contributed by atoms with van der Waals surface area (Å²) >= 11 is 0. The van der Waals surface area contributed by atoms with E-state index in [4.69, 9.17) is 5.73 Å². The molecule has 1 aromatic carbocycles. The van der Waals surface area contributed by atoms with Gasteiger partial charge in [0.2, 0.25) is 0 Å². The van der Waals surface area contributed by atoms with E-state index in [9.17, 15) is 12.8 Å². The molecule has 0 atom stereocenters. The van der Waals surface area contributed by atoms with Crippen LogP contribution in [0.1, 0.15) is 18.1 Å². The lowest BCUT2D eigenvalue weighted by Crippen LogP contribution is -2.17. The molecule has 6 nitrogen and oxygen atoms in total. The first kappa shape index (κ1) is 15.3. The van der Waals surface area contributed by atoms with Crippen molar-refractivity contribution in [1.29, 1.82) is 0 Å². The Morgan fingerprint density at radius 2 is 2.10 bits per heavy atom. The fraction of sp³-hybridized carbons (Fsp3) is 0.308. The standard InChI is InChI=1S/C13H17FN4O2S/c1-4-18-7-10(6-16-18)17-21(19,20)13-8(2)5-11(14)12(15)9(13)3/h5-7,17H,4,15H2,1-3H3. The lowest BCUT2D eigenvalue weighted by molar-refractivity contribution is 0.598. The van der Waals surface area contributed by atoms with Crippen molar-refractivity contribution in [3.05, 3.63) is 35.4 Å². The van der Waals surface area contributed by atoms with Crippen LogP contribution in [0.4, 0.5) is 15.8 Å². The minimum Gasteiger partial charge on any atom is -0.396 e. The number of aromatic nitrogens is 2. The second kappa shape index (κ2) is 5.36. The fourth-order valence-corrected chi connectivity index (χ4v) is 3.65. The number of nitrogens with two attached hydrogens (primary N) is 1. The highest BCUT2D eigenvalue weighted by Crippen LogP contribution is 2.28. The summed E-state index contributed by atoms with van der Waals surface area (Å²) in [6.07, 6.45) is 2.99. The summed E-state index contributed by atoms with van der Waals surface area (Å²) < 4.78 is 42.5. The lowest BCUT2D eigenvalue weighted by Gasteiger charge is -2.14. The smallest absolute Gasteiger partial charge is 0.262 e. The van der Waals surface area contributed by atoms with E-state index in [0.717, 1.165) is 6.07 Å². The van der Waals surface area contributed by atoms with E-state index in [1.54, 1.807) is 10.9 Å². The second-order valence-electron chi connectivity index (χ2n) is 4.73. The maximum Gasteiger partial charge on any atom is 0.262 e. The summed E-state index contributed by atoms with van der Waals surface area (Å²) in [5.74, 6) is -0.622. The first-order chi connectivity index (χ1) is 9.76. The van der Waals surface area contributed by atoms with Gasteiger partial charge < -0.3 is 5.73 Å². The van der Waals surface area contributed by atoms with E-state index in [1.165, 1.54) is 20.0 Å². The molecule has 2 rings (SSSR count). The molecule has 3 N–H and O–H groups in total. The Hall–Kier alpha value is -2.09. The quantitative estimate of drug-likeness (QED) is 0.845. The number of nitrogens with one attached hydrogen (secondary N) is 1. The van der Waals surface area contributed by atoms with Gasteiger partial charge in [0, 0.05) is 12.7 Å². The average molecular weight is 312 g/mol. The lowest BCUT2D eigenvalue weighted by atomic mass is 10.1. The van der Waals surface area contributed by atoms with Crippen molar-refractivity contribution in [2.45, 2.75) is 32.2 Å². The highest BCUT2D eigenvalue weighted by Gasteiger charge is 2.23. The van der Waals surface area contributed by atoms with Crippen molar-refractivity contribution in [2.24, 2.45) is 0 Å². The molecule has 0 aliphatic heterocycles. The van der Waals surface area contributed by atoms with Gasteiger partial charge in [-0.15, -0.1) is 0 Å². The second-order valence-corrected chi connectivity index (χ2v) is 6.35. The SMILES string of the molecule is CCn1cc(NS(=O)(=O)c2c(C)cc(F)c(N)c2C)cn1. The molecule has 114 valence electrons. The number of nitrogen functional groups attached to an aromatic ring is 1. The van der Waals surface area contributed by atoms with Crippen molar-refractivity contribution >= 4 is 21.4 Å². The van der Waals surface area contributed by atoms with Crippen LogP contribution in [0.3, 0.4) is 0 Å². The van der Waals surface area contributed by atoms with Crippen LogP contribution in [0, 0.1) is 19.7 Å². The molecule has 0 aliphatic rings. The van der Waals surface area contributed by atoms with Gasteiger partial charge in [0.15, 0.2) is 0 Å². The molecule has 1 aromatic heterocycles. The van der Waals surface area contributed by atoms with Crippen molar-refractivity contribution < 1.29 is 12.8 Å². The van der Waals surface area contributed by atoms with Gasteiger partial charge in [-0.3, -0.25) is 9.40 Å². The third-order valence-electron chi connectivity index (χ3n) is 3.18. The molecule has 0 radical (unpaired) electrons. The number of nitrogens with zero attached hydrogens (tertiary/aromatic N) is 2. The summed E-state index contributed by atoms with van der Waals surface area (Å²) in [5.41, 5.74) is 6.27. The first-order valence-electron chi connectivity index (χ1n) is 6.36. The summed E-state index contributed by atoms with van der Waals surface area (Å²) in [4.78, 5) is -0.00866. The van der Waals surface area contributed by atoms with Crippen LogP contribution >= 0.6 is 0 Å². The number of rotatable bonds is 4. The molecule has 0 spiro atoms. The minimum absolute atomic E-state index is 0.00866. The maximum absolute atomic E-state index is 13.5. The third kappa shape index (κ3) is 2.85. The van der Waals surface area contributed by atoms with Gasteiger partial charge in [-0.05, 0) is 38.0 Å². The Balaban J connectivity index is 2.47. The highest BCUT2D eigenvalue weighted by molar-refractivity contribution is 7.92. The van der Waals surface area contributed by atoms with Crippen LogP contribution in [-0.4, -0.2) is 18.2 Å². The third-order valence-corrected chi connectivity index (χ3v) is 4.85. The van der Waals surface area contributed by atoms with Crippen LogP contribution in [0.25, 0.3) is 0 Å². The minimum atomic E-state index is -3.86. The maximum atomic E-state index is 13.5. The van der Waals surface area contributed by atoms with Gasteiger partial charge in [0.25, 0.3) is 10.0 Å². The van der Waals surface area contributed by atoms with E-state index < -0.39 is 15.8 Å². The van der Waals surface area contributed by atoms with Gasteiger partial charge in [-0.25, -0.2) is 12.8 Å². The van der Waals surface area contributed by atoms with Crippen molar-refractivity contribution in [3.8, 4) is 0 Å². The number of hydrogen-bond acceptors (Lipinski definition) is 4. The van der Waals surface area contributed by atoms with Gasteiger partial charge in [0.05, 0.1) is 22.5 Å². The molecule has 0 bridgehead atoms. The molecule has 0 saturated carbocycles. The molecule has 0 saturated heterocycles. The Kier molecular flexibility index (Phi) is 3.91. The van der Waals surface area contributed by atoms with Crippen LogP contribution in [-0.2, 0) is 16.6 Å². The van der Waals surface area contributed by atoms with Crippen molar-refractivity contribution in [3.63, 3.8) is 0 Å². The number of hydrogen-bond donors (Lipinski definition) is 2. The number of halogens is 1. The zero-order valence-electron chi connectivity index (χ0n) is 12.0. The molecule has 8 heteroatoms. The molecule has 1 heterocycles. The van der Waals surface area contributed by atoms with Crippen LogP contribution < -0.4 is 10.5 Å². The highest BCUT2D eigenvalue weighted by atomic mass is 32.2.